The van der Waals surface area contributed by atoms with Gasteiger partial charge in [0.05, 0.1) is 10.3 Å². The third-order valence-electron chi connectivity index (χ3n) is 4.45. The number of hydrogen-bond acceptors (Lipinski definition) is 2. The summed E-state index contributed by atoms with van der Waals surface area (Å²) in [6, 6.07) is 31.2. The van der Waals surface area contributed by atoms with Crippen LogP contribution in [0.1, 0.15) is 40.2 Å². The molecule has 0 spiro atoms. The van der Waals surface area contributed by atoms with Gasteiger partial charge in [0.2, 0.25) is 0 Å². The fourth-order valence-corrected chi connectivity index (χ4v) is 7.62. The maximum absolute atomic E-state index is 13.6. The molecule has 3 rings (SSSR count). The molecule has 232 valence electrons. The number of hydrogen-bond donors (Lipinski definition) is 1. The van der Waals surface area contributed by atoms with Gasteiger partial charge in [-0.05, 0) is 56.9 Å². The Kier molecular flexibility index (Phi) is 35.1. The number of nitrogens with zero attached hydrogens (tertiary/aromatic N) is 1. The van der Waals surface area contributed by atoms with E-state index in [2.05, 4.69) is 97.4 Å². The zero-order chi connectivity index (χ0) is 32.5. The van der Waals surface area contributed by atoms with E-state index in [-0.39, 0.29) is 38.3 Å². The van der Waals surface area contributed by atoms with Crippen LogP contribution in [0.5, 0.6) is 0 Å². The van der Waals surface area contributed by atoms with Crippen LogP contribution < -0.4 is 10.6 Å². The summed E-state index contributed by atoms with van der Waals surface area (Å²) in [5, 5.41) is 11.0. The first-order valence-corrected chi connectivity index (χ1v) is 14.1. The van der Waals surface area contributed by atoms with E-state index in [1.807, 2.05) is 51.1 Å². The Morgan fingerprint density at radius 1 is 0.721 bits per heavy atom. The van der Waals surface area contributed by atoms with Gasteiger partial charge in [-0.2, -0.15) is 4.08 Å². The summed E-state index contributed by atoms with van der Waals surface area (Å²) in [5.41, 5.74) is 0.245. The monoisotopic (exact) mass is 709 g/mol. The fourth-order valence-electron chi connectivity index (χ4n) is 2.80. The first-order chi connectivity index (χ1) is 19.5. The normalized spacial score (nSPS) is 9.95. The second kappa shape index (κ2) is 29.9. The summed E-state index contributed by atoms with van der Waals surface area (Å²) >= 11 is 0. The molecule has 0 heterocycles. The molecule has 0 unspecified atom stereocenters. The molecule has 3 aromatic rings. The maximum Gasteiger partial charge on any atom is 0.0844 e. The van der Waals surface area contributed by atoms with Gasteiger partial charge in [0.15, 0.2) is 0 Å². The summed E-state index contributed by atoms with van der Waals surface area (Å²) in [7, 11) is -2.05. The largest absolute Gasteiger partial charge is 0.386 e. The van der Waals surface area contributed by atoms with Crippen molar-refractivity contribution in [3.05, 3.63) is 136 Å². The van der Waals surface area contributed by atoms with Crippen LogP contribution in [0.4, 0.5) is 0 Å². The van der Waals surface area contributed by atoms with Crippen LogP contribution in [-0.2, 0) is 69.7 Å². The molecule has 0 aliphatic carbocycles. The third-order valence-corrected chi connectivity index (χ3v) is 9.11. The first kappa shape index (κ1) is 50.5. The van der Waals surface area contributed by atoms with Crippen molar-refractivity contribution in [2.45, 2.75) is 51.5 Å². The molecule has 1 atom stereocenters. The number of aliphatic hydroxyl groups is 1. The molecule has 1 N–H and O–H groups in total. The second-order valence-electron chi connectivity index (χ2n) is 9.04. The molecular formula is C32H34Co2NO6PS. The van der Waals surface area contributed by atoms with Crippen LogP contribution in [0.3, 0.4) is 0 Å². The Morgan fingerprint density at radius 3 is 1.26 bits per heavy atom. The van der Waals surface area contributed by atoms with E-state index in [4.69, 9.17) is 30.3 Å². The van der Waals surface area contributed by atoms with E-state index >= 15 is 0 Å². The van der Waals surface area contributed by atoms with Crippen LogP contribution in [0.2, 0.25) is 0 Å². The molecule has 43 heavy (non-hydrogen) atoms. The first-order valence-electron chi connectivity index (χ1n) is 11.7. The molecule has 0 fully saturated rings. The summed E-state index contributed by atoms with van der Waals surface area (Å²) in [6.45, 7) is 32.7. The predicted octanol–water partition coefficient (Wildman–Crippen LogP) is 5.39. The molecule has 0 aliphatic rings. The summed E-state index contributed by atoms with van der Waals surface area (Å²) < 4.78 is 45.5. The molecule has 0 saturated heterocycles. The van der Waals surface area contributed by atoms with Crippen LogP contribution in [0.15, 0.2) is 91.0 Å². The zero-order valence-electron chi connectivity index (χ0n) is 24.4. The topological polar surface area (TPSA) is 120 Å². The number of benzene rings is 3. The van der Waals surface area contributed by atoms with E-state index in [1.165, 1.54) is 16.2 Å². The molecule has 7 nitrogen and oxygen atoms in total. The molecule has 0 amide bonds. The zero-order valence-corrected chi connectivity index (χ0v) is 28.2. The van der Waals surface area contributed by atoms with Crippen LogP contribution in [0, 0.1) is 39.3 Å². The minimum atomic E-state index is -1.14. The molecule has 4 radical (unpaired) electrons. The minimum Gasteiger partial charge on any atom is -0.386 e. The van der Waals surface area contributed by atoms with Crippen molar-refractivity contribution in [2.75, 3.05) is 0 Å². The van der Waals surface area contributed by atoms with Gasteiger partial charge >= 0.3 is 45.2 Å². The molecule has 0 aromatic heterocycles. The molecule has 3 aromatic carbocycles. The molecule has 0 saturated carbocycles. The maximum atomic E-state index is 13.6. The van der Waals surface area contributed by atoms with E-state index in [0.717, 1.165) is 0 Å². The van der Waals surface area contributed by atoms with Crippen molar-refractivity contribution >= 4 is 29.7 Å². The second-order valence-corrected chi connectivity index (χ2v) is 13.6. The van der Waals surface area contributed by atoms with Crippen molar-refractivity contribution in [3.63, 3.8) is 0 Å². The Labute approximate surface area is 281 Å². The van der Waals surface area contributed by atoms with E-state index in [9.17, 15) is 4.21 Å². The quantitative estimate of drug-likeness (QED) is 0.201. The van der Waals surface area contributed by atoms with Crippen LogP contribution in [-0.4, -0.2) is 23.7 Å². The molecule has 0 aliphatic heterocycles. The summed E-state index contributed by atoms with van der Waals surface area (Å²) in [4.78, 5) is 0. The Bertz CT molecular complexity index is 1130. The Hall–Kier alpha value is -2.13. The van der Waals surface area contributed by atoms with E-state index in [0.29, 0.717) is 6.54 Å². The van der Waals surface area contributed by atoms with Gasteiger partial charge in [0.25, 0.3) is 0 Å². The van der Waals surface area contributed by atoms with Crippen molar-refractivity contribution in [3.8, 4) is 0 Å². The van der Waals surface area contributed by atoms with Gasteiger partial charge in [0.1, 0.15) is 11.0 Å². The van der Waals surface area contributed by atoms with Crippen molar-refractivity contribution in [1.82, 2.24) is 4.08 Å². The summed E-state index contributed by atoms with van der Waals surface area (Å²) in [5.74, 6) is 0. The molecular weight excluding hydrogens is 675 g/mol. The fraction of sp³-hybridized carbons (Fsp3) is 0.250. The van der Waals surface area contributed by atoms with Crippen molar-refractivity contribution in [2.24, 2.45) is 0 Å². The molecule has 0 bridgehead atoms. The van der Waals surface area contributed by atoms with Gasteiger partial charge in [0, 0.05) is 48.2 Å². The standard InChI is InChI=1S/C23H26NOPS.C5H8O.4CO.2Co/c1-23(2,3)27(25)24(19-20-13-7-4-8-14-20)26(21-15-9-5-10-16-21)22-17-11-6-12-18-22;1-4-5(2,3)6;4*1-2;;/h4-18H,19H2,1-3H3;1,6H,2-3H3;;;;;;/t27-;;;;;;;/m0......./s1. The Morgan fingerprint density at radius 2 is 1.00 bits per heavy atom. The minimum absolute atomic E-state index is 0. The van der Waals surface area contributed by atoms with Crippen LogP contribution >= 0.6 is 8.07 Å². The van der Waals surface area contributed by atoms with Gasteiger partial charge < -0.3 is 5.11 Å². The number of rotatable bonds is 7. The van der Waals surface area contributed by atoms with Crippen molar-refractivity contribution in [1.29, 1.82) is 0 Å². The van der Waals surface area contributed by atoms with Crippen molar-refractivity contribution < 1.29 is 61.5 Å². The van der Waals surface area contributed by atoms with E-state index in [1.54, 1.807) is 13.8 Å². The third kappa shape index (κ3) is 22.1. The van der Waals surface area contributed by atoms with Gasteiger partial charge in [-0.15, -0.1) is 0 Å². The average Bonchev–Trinajstić information content (AvgIpc) is 3.01. The average molecular weight is 710 g/mol. The predicted molar refractivity (Wildman–Crippen MR) is 159 cm³/mol. The smallest absolute Gasteiger partial charge is 0.0844 e. The van der Waals surface area contributed by atoms with Crippen LogP contribution in [0.25, 0.3) is 0 Å². The van der Waals surface area contributed by atoms with Gasteiger partial charge in [-0.1, -0.05) is 97.6 Å². The van der Waals surface area contributed by atoms with Gasteiger partial charge in [-0.25, -0.2) is 4.21 Å². The van der Waals surface area contributed by atoms with E-state index < -0.39 is 24.7 Å². The SMILES string of the molecule is CC(C)(C)[S@](=O)N(Cc1ccccc1)P(c1ccccc1)c1ccccc1.[C-]#[O+].[C-]#[O+].[C-]#[O+].[C-]#[O+].[CH]=[C]C(C)(C)O.[Co].[Co]. The Balaban J connectivity index is -0.000000259. The van der Waals surface area contributed by atoms with Gasteiger partial charge in [-0.3, -0.25) is 0 Å². The summed E-state index contributed by atoms with van der Waals surface area (Å²) in [6.07, 6.45) is 2.16. The molecule has 11 heteroatoms.